The lowest BCUT2D eigenvalue weighted by molar-refractivity contribution is 0.0841. The smallest absolute Gasteiger partial charge is 0.267 e. The standard InChI is InChI=1S/C19H18FN5O2/c1-11-8-9-16(12(2)10-11)25-23-13(3)17(24-25)19(27)22-21-18(26)14-6-4-5-7-15(14)20/h4-10H,1-3H3,(H,21,26)(H,22,27). The highest BCUT2D eigenvalue weighted by Crippen LogP contribution is 2.15. The normalized spacial score (nSPS) is 10.5. The number of amides is 2. The van der Waals surface area contributed by atoms with Crippen LogP contribution in [-0.2, 0) is 0 Å². The van der Waals surface area contributed by atoms with Crippen LogP contribution in [0.15, 0.2) is 42.5 Å². The second-order valence-electron chi connectivity index (χ2n) is 6.10. The van der Waals surface area contributed by atoms with Crippen LogP contribution >= 0.6 is 0 Å². The molecule has 0 unspecified atom stereocenters. The molecule has 1 aromatic heterocycles. The average Bonchev–Trinajstić information content (AvgIpc) is 3.01. The van der Waals surface area contributed by atoms with Gasteiger partial charge in [-0.15, -0.1) is 5.10 Å². The number of hydrogen-bond acceptors (Lipinski definition) is 4. The van der Waals surface area contributed by atoms with Gasteiger partial charge in [-0.25, -0.2) is 4.39 Å². The molecule has 0 radical (unpaired) electrons. The molecule has 2 N–H and O–H groups in total. The molecule has 0 aliphatic heterocycles. The summed E-state index contributed by atoms with van der Waals surface area (Å²) < 4.78 is 13.6. The summed E-state index contributed by atoms with van der Waals surface area (Å²) in [6, 6.07) is 11.3. The van der Waals surface area contributed by atoms with Gasteiger partial charge in [0.05, 0.1) is 16.9 Å². The van der Waals surface area contributed by atoms with Crippen molar-refractivity contribution in [3.8, 4) is 5.69 Å². The zero-order chi connectivity index (χ0) is 19.6. The van der Waals surface area contributed by atoms with Crippen LogP contribution in [0.5, 0.6) is 0 Å². The van der Waals surface area contributed by atoms with Crippen LogP contribution in [0.4, 0.5) is 4.39 Å². The Labute approximate surface area is 155 Å². The van der Waals surface area contributed by atoms with Gasteiger partial charge in [-0.1, -0.05) is 29.8 Å². The van der Waals surface area contributed by atoms with Crippen LogP contribution in [0.1, 0.15) is 37.7 Å². The number of carbonyl (C=O) groups excluding carboxylic acids is 2. The first-order valence-corrected chi connectivity index (χ1v) is 8.23. The molecule has 0 atom stereocenters. The van der Waals surface area contributed by atoms with Crippen LogP contribution in [0.2, 0.25) is 0 Å². The Hall–Kier alpha value is -3.55. The summed E-state index contributed by atoms with van der Waals surface area (Å²) in [5.74, 6) is -2.09. The molecule has 2 aromatic carbocycles. The SMILES string of the molecule is Cc1ccc(-n2nc(C)c(C(=O)NNC(=O)c3ccccc3F)n2)c(C)c1. The van der Waals surface area contributed by atoms with Crippen molar-refractivity contribution in [2.24, 2.45) is 0 Å². The largest absolute Gasteiger partial charge is 0.292 e. The van der Waals surface area contributed by atoms with Crippen molar-refractivity contribution in [2.45, 2.75) is 20.8 Å². The number of nitrogens with zero attached hydrogens (tertiary/aromatic N) is 3. The molecule has 0 fully saturated rings. The predicted octanol–water partition coefficient (Wildman–Crippen LogP) is 2.41. The highest BCUT2D eigenvalue weighted by Gasteiger charge is 2.18. The molecule has 2 amide bonds. The number of hydrazine groups is 1. The van der Waals surface area contributed by atoms with Crippen LogP contribution in [0, 0.1) is 26.6 Å². The van der Waals surface area contributed by atoms with E-state index < -0.39 is 17.6 Å². The van der Waals surface area contributed by atoms with Gasteiger partial charge in [0.25, 0.3) is 11.8 Å². The summed E-state index contributed by atoms with van der Waals surface area (Å²) in [4.78, 5) is 25.7. The van der Waals surface area contributed by atoms with Crippen molar-refractivity contribution in [2.75, 3.05) is 0 Å². The van der Waals surface area contributed by atoms with Gasteiger partial charge >= 0.3 is 0 Å². The second kappa shape index (κ2) is 7.36. The average molecular weight is 367 g/mol. The van der Waals surface area contributed by atoms with E-state index in [4.69, 9.17) is 0 Å². The van der Waals surface area contributed by atoms with Gasteiger partial charge < -0.3 is 0 Å². The molecule has 1 heterocycles. The molecule has 3 rings (SSSR count). The van der Waals surface area contributed by atoms with Crippen molar-refractivity contribution in [1.29, 1.82) is 0 Å². The summed E-state index contributed by atoms with van der Waals surface area (Å²) in [5.41, 5.74) is 7.51. The molecule has 0 saturated heterocycles. The predicted molar refractivity (Wildman–Crippen MR) is 96.9 cm³/mol. The number of aryl methyl sites for hydroxylation is 3. The molecule has 0 aliphatic carbocycles. The third-order valence-electron chi connectivity index (χ3n) is 3.97. The van der Waals surface area contributed by atoms with E-state index in [1.165, 1.54) is 23.0 Å². The second-order valence-corrected chi connectivity index (χ2v) is 6.10. The van der Waals surface area contributed by atoms with Gasteiger partial charge in [-0.05, 0) is 44.5 Å². The Morgan fingerprint density at radius 3 is 2.37 bits per heavy atom. The van der Waals surface area contributed by atoms with E-state index in [1.54, 1.807) is 6.92 Å². The van der Waals surface area contributed by atoms with Gasteiger partial charge in [0.15, 0.2) is 5.69 Å². The van der Waals surface area contributed by atoms with Crippen LogP contribution in [-0.4, -0.2) is 26.8 Å². The number of aromatic nitrogens is 3. The van der Waals surface area contributed by atoms with E-state index in [0.717, 1.165) is 22.9 Å². The van der Waals surface area contributed by atoms with Crippen LogP contribution < -0.4 is 10.9 Å². The number of halogens is 1. The first kappa shape index (κ1) is 18.2. The molecule has 138 valence electrons. The van der Waals surface area contributed by atoms with Crippen LogP contribution in [0.25, 0.3) is 5.69 Å². The lowest BCUT2D eigenvalue weighted by atomic mass is 10.1. The highest BCUT2D eigenvalue weighted by atomic mass is 19.1. The first-order chi connectivity index (χ1) is 12.9. The fraction of sp³-hybridized carbons (Fsp3) is 0.158. The Bertz CT molecular complexity index is 1030. The molecule has 0 saturated carbocycles. The van der Waals surface area contributed by atoms with Crippen molar-refractivity contribution in [1.82, 2.24) is 25.8 Å². The minimum atomic E-state index is -0.763. The highest BCUT2D eigenvalue weighted by molar-refractivity contribution is 5.98. The monoisotopic (exact) mass is 367 g/mol. The minimum absolute atomic E-state index is 0.0591. The summed E-state index contributed by atoms with van der Waals surface area (Å²) in [7, 11) is 0. The van der Waals surface area contributed by atoms with Crippen LogP contribution in [0.3, 0.4) is 0 Å². The molecule has 8 heteroatoms. The molecule has 0 spiro atoms. The lowest BCUT2D eigenvalue weighted by Gasteiger charge is -2.07. The van der Waals surface area contributed by atoms with Gasteiger partial charge in [-0.3, -0.25) is 20.4 Å². The van der Waals surface area contributed by atoms with E-state index in [9.17, 15) is 14.0 Å². The van der Waals surface area contributed by atoms with Gasteiger partial charge in [0.1, 0.15) is 5.82 Å². The van der Waals surface area contributed by atoms with Crippen molar-refractivity contribution in [3.05, 3.63) is 76.4 Å². The Morgan fingerprint density at radius 2 is 1.67 bits per heavy atom. The third-order valence-corrected chi connectivity index (χ3v) is 3.97. The summed E-state index contributed by atoms with van der Waals surface area (Å²) in [5, 5.41) is 8.47. The lowest BCUT2D eigenvalue weighted by Crippen LogP contribution is -2.42. The number of carbonyl (C=O) groups is 2. The number of rotatable bonds is 3. The quantitative estimate of drug-likeness (QED) is 0.696. The minimum Gasteiger partial charge on any atom is -0.267 e. The van der Waals surface area contributed by atoms with E-state index >= 15 is 0 Å². The Balaban J connectivity index is 1.75. The molecule has 0 aliphatic rings. The van der Waals surface area contributed by atoms with E-state index in [1.807, 2.05) is 32.0 Å². The van der Waals surface area contributed by atoms with Crippen molar-refractivity contribution < 1.29 is 14.0 Å². The van der Waals surface area contributed by atoms with Gasteiger partial charge in [0, 0.05) is 0 Å². The first-order valence-electron chi connectivity index (χ1n) is 8.23. The molecule has 7 nitrogen and oxygen atoms in total. The molecule has 27 heavy (non-hydrogen) atoms. The Kier molecular flexibility index (Phi) is 4.98. The summed E-state index contributed by atoms with van der Waals surface area (Å²) >= 11 is 0. The zero-order valence-corrected chi connectivity index (χ0v) is 15.1. The van der Waals surface area contributed by atoms with Crippen molar-refractivity contribution >= 4 is 11.8 Å². The number of benzene rings is 2. The van der Waals surface area contributed by atoms with Gasteiger partial charge in [0.2, 0.25) is 0 Å². The zero-order valence-electron chi connectivity index (χ0n) is 15.1. The van der Waals surface area contributed by atoms with Crippen molar-refractivity contribution in [3.63, 3.8) is 0 Å². The van der Waals surface area contributed by atoms with E-state index in [2.05, 4.69) is 21.0 Å². The maximum Gasteiger partial charge on any atom is 0.292 e. The topological polar surface area (TPSA) is 88.9 Å². The van der Waals surface area contributed by atoms with E-state index in [0.29, 0.717) is 5.69 Å². The fourth-order valence-electron chi connectivity index (χ4n) is 2.61. The third kappa shape index (κ3) is 3.84. The van der Waals surface area contributed by atoms with E-state index in [-0.39, 0.29) is 11.3 Å². The van der Waals surface area contributed by atoms with Gasteiger partial charge in [-0.2, -0.15) is 9.90 Å². The molecular formula is C19H18FN5O2. The number of hydrogen-bond donors (Lipinski definition) is 2. The maximum absolute atomic E-state index is 13.6. The summed E-state index contributed by atoms with van der Waals surface area (Å²) in [6.07, 6.45) is 0. The molecular weight excluding hydrogens is 349 g/mol. The fourth-order valence-corrected chi connectivity index (χ4v) is 2.61. The maximum atomic E-state index is 13.6. The Morgan fingerprint density at radius 1 is 0.963 bits per heavy atom. The summed E-state index contributed by atoms with van der Waals surface area (Å²) in [6.45, 7) is 5.55. The molecule has 3 aromatic rings. The molecule has 0 bridgehead atoms. The number of nitrogens with one attached hydrogen (secondary N) is 2.